The zero-order chi connectivity index (χ0) is 33.1. The lowest BCUT2D eigenvalue weighted by Gasteiger charge is -2.43. The van der Waals surface area contributed by atoms with Gasteiger partial charge in [0.05, 0.1) is 36.7 Å². The van der Waals surface area contributed by atoms with E-state index in [9.17, 15) is 0 Å². The minimum atomic E-state index is -0.367. The highest BCUT2D eigenvalue weighted by Gasteiger charge is 2.40. The highest BCUT2D eigenvalue weighted by Crippen LogP contribution is 2.48. The van der Waals surface area contributed by atoms with E-state index >= 15 is 4.39 Å². The Bertz CT molecular complexity index is 1740. The molecule has 0 amide bonds. The normalized spacial score (nSPS) is 21.1. The third kappa shape index (κ3) is 5.20. The third-order valence-electron chi connectivity index (χ3n) is 11.1. The first-order valence-corrected chi connectivity index (χ1v) is 17.5. The van der Waals surface area contributed by atoms with Gasteiger partial charge in [0.1, 0.15) is 5.82 Å². The van der Waals surface area contributed by atoms with Gasteiger partial charge in [-0.05, 0) is 60.9 Å². The van der Waals surface area contributed by atoms with E-state index in [0.29, 0.717) is 45.2 Å². The largest absolute Gasteiger partial charge is 0.481 e. The molecule has 0 bridgehead atoms. The number of hydrogen-bond donors (Lipinski definition) is 0. The molecule has 2 atom stereocenters. The molecule has 8 rings (SSSR count). The summed E-state index contributed by atoms with van der Waals surface area (Å²) in [6.07, 6.45) is 5.40. The summed E-state index contributed by atoms with van der Waals surface area (Å²) in [7, 11) is 5.09. The number of ether oxygens (including phenoxy) is 3. The van der Waals surface area contributed by atoms with Crippen LogP contribution in [0.15, 0.2) is 48.5 Å². The SMILES string of the molecule is CCC1CN([C@H]2CCc3cc(-c4cccc(-c5cccc(-c6cc7c(c(OC)n6)[C@@H](N6CC(OC)C6)CC7)c5F)c4Cl)nc(OC)c32)C1. The van der Waals surface area contributed by atoms with E-state index in [-0.39, 0.29) is 18.0 Å². The second kappa shape index (κ2) is 12.7. The van der Waals surface area contributed by atoms with Crippen molar-refractivity contribution in [1.29, 1.82) is 0 Å². The average Bonchev–Trinajstić information content (AvgIpc) is 3.68. The maximum absolute atomic E-state index is 16.6. The molecule has 7 nitrogen and oxygen atoms in total. The van der Waals surface area contributed by atoms with Crippen LogP contribution < -0.4 is 9.47 Å². The van der Waals surface area contributed by atoms with Crippen LogP contribution in [0.1, 0.15) is 60.5 Å². The summed E-state index contributed by atoms with van der Waals surface area (Å²) in [5.41, 5.74) is 8.22. The van der Waals surface area contributed by atoms with Crippen LogP contribution in [0, 0.1) is 11.7 Å². The Hall–Kier alpha value is -3.56. The monoisotopic (exact) mass is 668 g/mol. The molecule has 0 N–H and O–H groups in total. The fourth-order valence-electron chi connectivity index (χ4n) is 8.35. The molecular weight excluding hydrogens is 627 g/mol. The quantitative estimate of drug-likeness (QED) is 0.180. The van der Waals surface area contributed by atoms with Crippen LogP contribution >= 0.6 is 11.6 Å². The molecule has 250 valence electrons. The minimum absolute atomic E-state index is 0.238. The summed E-state index contributed by atoms with van der Waals surface area (Å²) in [5, 5.41) is 0.456. The van der Waals surface area contributed by atoms with Crippen LogP contribution in [-0.2, 0) is 17.6 Å². The molecule has 9 heteroatoms. The van der Waals surface area contributed by atoms with Crippen LogP contribution in [0.5, 0.6) is 11.8 Å². The van der Waals surface area contributed by atoms with E-state index in [2.05, 4.69) is 22.8 Å². The molecule has 0 unspecified atom stereocenters. The summed E-state index contributed by atoms with van der Waals surface area (Å²) in [5.74, 6) is 1.63. The Kier molecular flexibility index (Phi) is 8.40. The second-order valence-electron chi connectivity index (χ2n) is 13.7. The van der Waals surface area contributed by atoms with Crippen LogP contribution in [0.2, 0.25) is 5.02 Å². The van der Waals surface area contributed by atoms with Crippen molar-refractivity contribution < 1.29 is 18.6 Å². The zero-order valence-electron chi connectivity index (χ0n) is 28.1. The van der Waals surface area contributed by atoms with Crippen LogP contribution in [0.25, 0.3) is 33.6 Å². The Morgan fingerprint density at radius 3 is 1.83 bits per heavy atom. The number of methoxy groups -OCH3 is 3. The highest BCUT2D eigenvalue weighted by molar-refractivity contribution is 6.36. The molecule has 4 heterocycles. The van der Waals surface area contributed by atoms with Crippen molar-refractivity contribution >= 4 is 11.6 Å². The Labute approximate surface area is 287 Å². The van der Waals surface area contributed by atoms with Crippen molar-refractivity contribution in [3.63, 3.8) is 0 Å². The van der Waals surface area contributed by atoms with E-state index in [0.717, 1.165) is 80.2 Å². The Balaban J connectivity index is 1.12. The number of pyridine rings is 2. The summed E-state index contributed by atoms with van der Waals surface area (Å²) in [6, 6.07) is 15.9. The Morgan fingerprint density at radius 1 is 0.750 bits per heavy atom. The maximum atomic E-state index is 16.6. The smallest absolute Gasteiger partial charge is 0.218 e. The first-order chi connectivity index (χ1) is 23.4. The fraction of sp³-hybridized carbons (Fsp3) is 0.436. The van der Waals surface area contributed by atoms with Gasteiger partial charge in [-0.3, -0.25) is 9.80 Å². The third-order valence-corrected chi connectivity index (χ3v) is 11.5. The molecular formula is C39H42ClFN4O3. The molecule has 48 heavy (non-hydrogen) atoms. The number of halogens is 2. The molecule has 4 aliphatic rings. The van der Waals surface area contributed by atoms with Crippen molar-refractivity contribution in [2.24, 2.45) is 5.92 Å². The number of aryl methyl sites for hydroxylation is 2. The number of nitrogens with zero attached hydrogens (tertiary/aromatic N) is 4. The van der Waals surface area contributed by atoms with Gasteiger partial charge in [0.15, 0.2) is 0 Å². The van der Waals surface area contributed by atoms with E-state index < -0.39 is 0 Å². The predicted molar refractivity (Wildman–Crippen MR) is 186 cm³/mol. The number of fused-ring (bicyclic) bond motifs is 2. The average molecular weight is 669 g/mol. The molecule has 4 aromatic rings. The zero-order valence-corrected chi connectivity index (χ0v) is 28.8. The van der Waals surface area contributed by atoms with Crippen molar-refractivity contribution in [2.75, 3.05) is 47.5 Å². The van der Waals surface area contributed by atoms with E-state index in [4.69, 9.17) is 35.8 Å². The van der Waals surface area contributed by atoms with Crippen LogP contribution in [0.3, 0.4) is 0 Å². The number of hydrogen-bond acceptors (Lipinski definition) is 7. The lowest BCUT2D eigenvalue weighted by Crippen LogP contribution is -2.52. The lowest BCUT2D eigenvalue weighted by atomic mass is 9.93. The van der Waals surface area contributed by atoms with Gasteiger partial charge in [-0.1, -0.05) is 55.3 Å². The van der Waals surface area contributed by atoms with Crippen molar-refractivity contribution in [2.45, 2.75) is 57.2 Å². The summed E-state index contributed by atoms with van der Waals surface area (Å²) in [4.78, 5) is 14.8. The van der Waals surface area contributed by atoms with E-state index in [1.165, 1.54) is 17.5 Å². The van der Waals surface area contributed by atoms with Gasteiger partial charge in [0, 0.05) is 78.8 Å². The molecule has 2 aliphatic heterocycles. The van der Waals surface area contributed by atoms with E-state index in [1.54, 1.807) is 33.5 Å². The lowest BCUT2D eigenvalue weighted by molar-refractivity contribution is -0.0514. The molecule has 0 radical (unpaired) electrons. The highest BCUT2D eigenvalue weighted by atomic mass is 35.5. The van der Waals surface area contributed by atoms with Gasteiger partial charge < -0.3 is 14.2 Å². The number of rotatable bonds is 9. The topological polar surface area (TPSA) is 60.0 Å². The van der Waals surface area contributed by atoms with Crippen LogP contribution in [0.4, 0.5) is 4.39 Å². The van der Waals surface area contributed by atoms with Gasteiger partial charge >= 0.3 is 0 Å². The van der Waals surface area contributed by atoms with Gasteiger partial charge in [-0.2, -0.15) is 0 Å². The van der Waals surface area contributed by atoms with Crippen molar-refractivity contribution in [1.82, 2.24) is 19.8 Å². The summed E-state index contributed by atoms with van der Waals surface area (Å²) < 4.78 is 33.8. The molecule has 2 saturated heterocycles. The number of aromatic nitrogens is 2. The fourth-order valence-corrected chi connectivity index (χ4v) is 8.68. The van der Waals surface area contributed by atoms with Gasteiger partial charge in [-0.15, -0.1) is 0 Å². The van der Waals surface area contributed by atoms with Crippen molar-refractivity contribution in [3.05, 3.63) is 81.6 Å². The first-order valence-electron chi connectivity index (χ1n) is 17.2. The van der Waals surface area contributed by atoms with Gasteiger partial charge in [0.2, 0.25) is 11.8 Å². The maximum Gasteiger partial charge on any atom is 0.218 e. The predicted octanol–water partition coefficient (Wildman–Crippen LogP) is 7.93. The summed E-state index contributed by atoms with van der Waals surface area (Å²) in [6.45, 7) is 6.32. The molecule has 2 aromatic carbocycles. The summed E-state index contributed by atoms with van der Waals surface area (Å²) >= 11 is 7.14. The molecule has 2 aliphatic carbocycles. The van der Waals surface area contributed by atoms with E-state index in [1.807, 2.05) is 30.3 Å². The molecule has 2 fully saturated rings. The minimum Gasteiger partial charge on any atom is -0.481 e. The molecule has 0 saturated carbocycles. The second-order valence-corrected chi connectivity index (χ2v) is 14.0. The van der Waals surface area contributed by atoms with Gasteiger partial charge in [-0.25, -0.2) is 14.4 Å². The first kappa shape index (κ1) is 31.7. The van der Waals surface area contributed by atoms with Gasteiger partial charge in [0.25, 0.3) is 0 Å². The Morgan fingerprint density at radius 2 is 1.27 bits per heavy atom. The molecule has 0 spiro atoms. The van der Waals surface area contributed by atoms with Crippen LogP contribution in [-0.4, -0.2) is 73.4 Å². The van der Waals surface area contributed by atoms with Crippen molar-refractivity contribution in [3.8, 4) is 45.4 Å². The number of benzene rings is 2. The molecule has 2 aromatic heterocycles. The number of likely N-dealkylation sites (tertiary alicyclic amines) is 2. The standard InChI is InChI=1S/C39H42ClFN4O3/c1-5-22-18-44(19-22)32-14-12-23-16-30(42-38(47-3)34(23)32)28-10-6-8-26(36(28)40)27-9-7-11-29(37(27)41)31-17-24-13-15-33(35(24)39(43-31)48-4)45-20-25(21-45)46-2/h6-11,16-17,22,25,32-33H,5,12-15,18-21H2,1-4H3/t32-,33-/m0/s1.